The average molecular weight is 284 g/mol. The lowest BCUT2D eigenvalue weighted by atomic mass is 9.69. The van der Waals surface area contributed by atoms with Crippen molar-refractivity contribution in [3.05, 3.63) is 24.3 Å². The summed E-state index contributed by atoms with van der Waals surface area (Å²) in [6, 6.07) is 6.21. The highest BCUT2D eigenvalue weighted by molar-refractivity contribution is 7.89. The van der Waals surface area contributed by atoms with Gasteiger partial charge in [-0.3, -0.25) is 4.79 Å². The molecule has 1 aromatic rings. The van der Waals surface area contributed by atoms with E-state index in [-0.39, 0.29) is 11.4 Å². The lowest BCUT2D eigenvalue weighted by Crippen LogP contribution is -2.43. The van der Waals surface area contributed by atoms with E-state index in [2.05, 4.69) is 5.32 Å². The smallest absolute Gasteiger partial charge is 0.311 e. The zero-order valence-corrected chi connectivity index (χ0v) is 11.1. The second-order valence-corrected chi connectivity index (χ2v) is 6.36. The number of primary sulfonamides is 1. The molecule has 1 aliphatic rings. The monoisotopic (exact) mass is 284 g/mol. The summed E-state index contributed by atoms with van der Waals surface area (Å²) in [6.07, 6.45) is 2.09. The molecule has 0 heterocycles. The van der Waals surface area contributed by atoms with Crippen molar-refractivity contribution in [2.24, 2.45) is 10.6 Å². The number of sulfonamides is 1. The molecule has 0 spiro atoms. The molecule has 19 heavy (non-hydrogen) atoms. The van der Waals surface area contributed by atoms with Crippen LogP contribution in [-0.4, -0.2) is 26.0 Å². The van der Waals surface area contributed by atoms with E-state index in [1.54, 1.807) is 18.2 Å². The number of anilines is 1. The summed E-state index contributed by atoms with van der Waals surface area (Å²) in [4.78, 5) is 11.2. The van der Waals surface area contributed by atoms with Gasteiger partial charge in [0.25, 0.3) is 0 Å². The second-order valence-electron chi connectivity index (χ2n) is 4.83. The van der Waals surface area contributed by atoms with E-state index >= 15 is 0 Å². The molecule has 0 atom stereocenters. The third-order valence-corrected chi connectivity index (χ3v) is 4.54. The third kappa shape index (κ3) is 2.71. The van der Waals surface area contributed by atoms with Gasteiger partial charge in [-0.1, -0.05) is 18.6 Å². The Morgan fingerprint density at radius 1 is 1.37 bits per heavy atom. The Labute approximate surface area is 111 Å². The fourth-order valence-electron chi connectivity index (χ4n) is 2.20. The lowest BCUT2D eigenvalue weighted by molar-refractivity contribution is -0.153. The highest BCUT2D eigenvalue weighted by atomic mass is 32.2. The molecule has 104 valence electrons. The van der Waals surface area contributed by atoms with Crippen LogP contribution in [0.4, 0.5) is 5.69 Å². The average Bonchev–Trinajstić information content (AvgIpc) is 2.26. The molecule has 7 heteroatoms. The van der Waals surface area contributed by atoms with Gasteiger partial charge >= 0.3 is 5.97 Å². The van der Waals surface area contributed by atoms with Gasteiger partial charge < -0.3 is 10.4 Å². The van der Waals surface area contributed by atoms with E-state index in [0.717, 1.165) is 6.42 Å². The number of hydrogen-bond acceptors (Lipinski definition) is 4. The molecule has 0 bridgehead atoms. The molecule has 1 aromatic carbocycles. The molecular weight excluding hydrogens is 268 g/mol. The van der Waals surface area contributed by atoms with Gasteiger partial charge in [-0.25, -0.2) is 13.6 Å². The SMILES string of the molecule is NS(=O)(=O)c1ccccc1NCC1(C(=O)O)CCC1. The number of carbonyl (C=O) groups is 1. The maximum Gasteiger partial charge on any atom is 0.311 e. The largest absolute Gasteiger partial charge is 0.481 e. The minimum atomic E-state index is -3.82. The summed E-state index contributed by atoms with van der Waals surface area (Å²) in [5.41, 5.74) is -0.441. The van der Waals surface area contributed by atoms with Gasteiger partial charge in [-0.05, 0) is 25.0 Å². The lowest BCUT2D eigenvalue weighted by Gasteiger charge is -2.38. The predicted molar refractivity (Wildman–Crippen MR) is 70.2 cm³/mol. The van der Waals surface area contributed by atoms with Gasteiger partial charge in [0.15, 0.2) is 0 Å². The first-order chi connectivity index (χ1) is 8.85. The highest BCUT2D eigenvalue weighted by Crippen LogP contribution is 2.41. The number of hydrogen-bond donors (Lipinski definition) is 3. The van der Waals surface area contributed by atoms with Crippen LogP contribution in [0.1, 0.15) is 19.3 Å². The molecular formula is C12H16N2O4S. The van der Waals surface area contributed by atoms with Crippen LogP contribution >= 0.6 is 0 Å². The maximum absolute atomic E-state index is 11.4. The molecule has 1 fully saturated rings. The van der Waals surface area contributed by atoms with E-state index in [9.17, 15) is 18.3 Å². The van der Waals surface area contributed by atoms with E-state index in [4.69, 9.17) is 5.14 Å². The van der Waals surface area contributed by atoms with Crippen molar-refractivity contribution in [3.63, 3.8) is 0 Å². The number of carboxylic acid groups (broad SMARTS) is 1. The Hall–Kier alpha value is -1.60. The van der Waals surface area contributed by atoms with Crippen LogP contribution < -0.4 is 10.5 Å². The molecule has 4 N–H and O–H groups in total. The Balaban J connectivity index is 2.19. The quantitative estimate of drug-likeness (QED) is 0.747. The molecule has 0 aliphatic heterocycles. The van der Waals surface area contributed by atoms with Crippen LogP contribution in [0.5, 0.6) is 0 Å². The zero-order valence-electron chi connectivity index (χ0n) is 10.3. The van der Waals surface area contributed by atoms with Gasteiger partial charge in [-0.2, -0.15) is 0 Å². The fourth-order valence-corrected chi connectivity index (χ4v) is 2.91. The second kappa shape index (κ2) is 4.82. The van der Waals surface area contributed by atoms with Crippen LogP contribution in [0, 0.1) is 5.41 Å². The van der Waals surface area contributed by atoms with Crippen LogP contribution in [0.2, 0.25) is 0 Å². The van der Waals surface area contributed by atoms with E-state index in [1.807, 2.05) is 0 Å². The maximum atomic E-state index is 11.4. The van der Waals surface area contributed by atoms with Gasteiger partial charge in [0, 0.05) is 6.54 Å². The van der Waals surface area contributed by atoms with E-state index in [1.165, 1.54) is 6.07 Å². The summed E-state index contributed by atoms with van der Waals surface area (Å²) < 4.78 is 22.8. The van der Waals surface area contributed by atoms with Crippen molar-refractivity contribution in [2.45, 2.75) is 24.2 Å². The molecule has 1 aliphatic carbocycles. The zero-order chi connectivity index (χ0) is 14.1. The van der Waals surface area contributed by atoms with Gasteiger partial charge in [0.05, 0.1) is 11.1 Å². The van der Waals surface area contributed by atoms with Crippen molar-refractivity contribution in [1.29, 1.82) is 0 Å². The Morgan fingerprint density at radius 2 is 2.00 bits per heavy atom. The van der Waals surface area contributed by atoms with Crippen LogP contribution in [0.3, 0.4) is 0 Å². The van der Waals surface area contributed by atoms with Gasteiger partial charge in [-0.15, -0.1) is 0 Å². The van der Waals surface area contributed by atoms with Gasteiger partial charge in [0.2, 0.25) is 10.0 Å². The van der Waals surface area contributed by atoms with E-state index in [0.29, 0.717) is 18.5 Å². The number of nitrogens with one attached hydrogen (secondary N) is 1. The number of nitrogens with two attached hydrogens (primary N) is 1. The molecule has 0 saturated heterocycles. The van der Waals surface area contributed by atoms with Crippen LogP contribution in [0.25, 0.3) is 0 Å². The van der Waals surface area contributed by atoms with Crippen molar-refractivity contribution in [3.8, 4) is 0 Å². The summed E-state index contributed by atoms with van der Waals surface area (Å²) in [7, 11) is -3.82. The first kappa shape index (κ1) is 13.8. The minimum absolute atomic E-state index is 0.0186. The first-order valence-electron chi connectivity index (χ1n) is 5.94. The number of aliphatic carboxylic acids is 1. The molecule has 2 rings (SSSR count). The summed E-state index contributed by atoms with van der Waals surface area (Å²) in [5.74, 6) is -0.848. The fraction of sp³-hybridized carbons (Fsp3) is 0.417. The third-order valence-electron chi connectivity index (χ3n) is 3.58. The van der Waals surface area contributed by atoms with E-state index < -0.39 is 21.4 Å². The number of para-hydroxylation sites is 1. The minimum Gasteiger partial charge on any atom is -0.481 e. The summed E-state index contributed by atoms with van der Waals surface area (Å²) in [5, 5.41) is 17.2. The topological polar surface area (TPSA) is 109 Å². The number of carboxylic acids is 1. The Morgan fingerprint density at radius 3 is 2.47 bits per heavy atom. The van der Waals surface area contributed by atoms with Crippen LogP contribution in [-0.2, 0) is 14.8 Å². The Bertz CT molecular complexity index is 594. The van der Waals surface area contributed by atoms with Crippen molar-refractivity contribution in [2.75, 3.05) is 11.9 Å². The molecule has 0 unspecified atom stereocenters. The molecule has 1 saturated carbocycles. The van der Waals surface area contributed by atoms with Crippen molar-refractivity contribution in [1.82, 2.24) is 0 Å². The molecule has 6 nitrogen and oxygen atoms in total. The van der Waals surface area contributed by atoms with Gasteiger partial charge in [0.1, 0.15) is 4.90 Å². The molecule has 0 amide bonds. The number of benzene rings is 1. The highest BCUT2D eigenvalue weighted by Gasteiger charge is 2.44. The Kier molecular flexibility index (Phi) is 3.51. The van der Waals surface area contributed by atoms with Crippen LogP contribution in [0.15, 0.2) is 29.2 Å². The van der Waals surface area contributed by atoms with Crippen molar-refractivity contribution >= 4 is 21.7 Å². The summed E-state index contributed by atoms with van der Waals surface area (Å²) in [6.45, 7) is 0.203. The molecule has 0 radical (unpaired) electrons. The standard InChI is InChI=1S/C12H16N2O4S/c13-19(17,18)10-5-2-1-4-9(10)14-8-12(11(15)16)6-3-7-12/h1-2,4-5,14H,3,6-8H2,(H,15,16)(H2,13,17,18). The van der Waals surface area contributed by atoms with Crippen molar-refractivity contribution < 1.29 is 18.3 Å². The first-order valence-corrected chi connectivity index (χ1v) is 7.49. The molecule has 0 aromatic heterocycles. The normalized spacial score (nSPS) is 17.5. The number of rotatable bonds is 5. The predicted octanol–water partition coefficient (Wildman–Crippen LogP) is 1.00. The summed E-state index contributed by atoms with van der Waals surface area (Å²) >= 11 is 0.